The Balaban J connectivity index is 1.44. The lowest BCUT2D eigenvalue weighted by molar-refractivity contribution is -0.125. The molecule has 9 heteroatoms. The van der Waals surface area contributed by atoms with E-state index in [1.54, 1.807) is 35.2 Å². The van der Waals surface area contributed by atoms with Crippen molar-refractivity contribution < 1.29 is 27.4 Å². The van der Waals surface area contributed by atoms with E-state index in [0.29, 0.717) is 30.3 Å². The standard InChI is InChI=1S/C18H18N2O6S/c21-18-11-24-8-7-20(18)14-2-4-15(5-3-14)27(22,23)19-10-13-1-6-16-17(9-13)26-12-25-16/h1-6,9,19H,7-8,10-12H2. The number of benzene rings is 2. The SMILES string of the molecule is O=C1COCCN1c1ccc(S(=O)(=O)NCc2ccc3c(c2)OCO3)cc1. The van der Waals surface area contributed by atoms with Crippen molar-refractivity contribution in [2.24, 2.45) is 0 Å². The van der Waals surface area contributed by atoms with E-state index in [0.717, 1.165) is 5.56 Å². The maximum Gasteiger partial charge on any atom is 0.253 e. The molecule has 0 aliphatic carbocycles. The van der Waals surface area contributed by atoms with E-state index < -0.39 is 10.0 Å². The Morgan fingerprint density at radius 1 is 1.04 bits per heavy atom. The summed E-state index contributed by atoms with van der Waals surface area (Å²) in [5.74, 6) is 1.11. The van der Waals surface area contributed by atoms with Gasteiger partial charge >= 0.3 is 0 Å². The van der Waals surface area contributed by atoms with Crippen molar-refractivity contribution in [3.05, 3.63) is 48.0 Å². The molecule has 8 nitrogen and oxygen atoms in total. The molecule has 0 atom stereocenters. The second-order valence-electron chi connectivity index (χ2n) is 6.10. The number of rotatable bonds is 5. The fourth-order valence-corrected chi connectivity index (χ4v) is 3.93. The molecule has 1 amide bonds. The monoisotopic (exact) mass is 390 g/mol. The number of morpholine rings is 1. The van der Waals surface area contributed by atoms with Crippen molar-refractivity contribution in [3.8, 4) is 11.5 Å². The molecule has 0 saturated carbocycles. The topological polar surface area (TPSA) is 94.2 Å². The number of hydrogen-bond acceptors (Lipinski definition) is 6. The van der Waals surface area contributed by atoms with Gasteiger partial charge in [-0.2, -0.15) is 0 Å². The number of sulfonamides is 1. The molecule has 2 aromatic rings. The number of carbonyl (C=O) groups is 1. The molecule has 0 radical (unpaired) electrons. The normalized spacial score (nSPS) is 16.6. The number of amides is 1. The molecule has 4 rings (SSSR count). The van der Waals surface area contributed by atoms with Gasteiger partial charge in [-0.05, 0) is 42.0 Å². The summed E-state index contributed by atoms with van der Waals surface area (Å²) in [4.78, 5) is 13.6. The third-order valence-electron chi connectivity index (χ3n) is 4.35. The minimum atomic E-state index is -3.68. The van der Waals surface area contributed by atoms with E-state index >= 15 is 0 Å². The largest absolute Gasteiger partial charge is 0.454 e. The van der Waals surface area contributed by atoms with Crippen LogP contribution in [0.2, 0.25) is 0 Å². The maximum absolute atomic E-state index is 12.5. The second-order valence-corrected chi connectivity index (χ2v) is 7.87. The highest BCUT2D eigenvalue weighted by Gasteiger charge is 2.21. The molecular weight excluding hydrogens is 372 g/mol. The first-order valence-electron chi connectivity index (χ1n) is 8.39. The zero-order valence-electron chi connectivity index (χ0n) is 14.4. The van der Waals surface area contributed by atoms with E-state index in [1.807, 2.05) is 0 Å². The van der Waals surface area contributed by atoms with E-state index in [1.165, 1.54) is 12.1 Å². The molecule has 0 spiro atoms. The van der Waals surface area contributed by atoms with Crippen LogP contribution < -0.4 is 19.1 Å². The summed E-state index contributed by atoms with van der Waals surface area (Å²) in [5.41, 5.74) is 1.41. The fraction of sp³-hybridized carbons (Fsp3) is 0.278. The summed E-state index contributed by atoms with van der Waals surface area (Å²) >= 11 is 0. The van der Waals surface area contributed by atoms with Gasteiger partial charge in [-0.15, -0.1) is 0 Å². The number of nitrogens with one attached hydrogen (secondary N) is 1. The van der Waals surface area contributed by atoms with Gasteiger partial charge in [0.1, 0.15) is 6.61 Å². The van der Waals surface area contributed by atoms with Gasteiger partial charge in [0.05, 0.1) is 11.5 Å². The molecule has 2 heterocycles. The second kappa shape index (κ2) is 7.18. The Labute approximate surface area is 156 Å². The number of nitrogens with zero attached hydrogens (tertiary/aromatic N) is 1. The van der Waals surface area contributed by atoms with Crippen LogP contribution in [0.3, 0.4) is 0 Å². The third kappa shape index (κ3) is 3.75. The van der Waals surface area contributed by atoms with Crippen molar-refractivity contribution in [2.75, 3.05) is 31.5 Å². The maximum atomic E-state index is 12.5. The van der Waals surface area contributed by atoms with Gasteiger partial charge in [0.25, 0.3) is 5.91 Å². The number of carbonyl (C=O) groups excluding carboxylic acids is 1. The van der Waals surface area contributed by atoms with E-state index in [4.69, 9.17) is 14.2 Å². The van der Waals surface area contributed by atoms with Crippen LogP contribution in [0.1, 0.15) is 5.56 Å². The predicted octanol–water partition coefficient (Wildman–Crippen LogP) is 1.26. The lowest BCUT2D eigenvalue weighted by Crippen LogP contribution is -2.41. The van der Waals surface area contributed by atoms with Crippen molar-refractivity contribution in [1.82, 2.24) is 4.72 Å². The highest BCUT2D eigenvalue weighted by molar-refractivity contribution is 7.89. The van der Waals surface area contributed by atoms with Gasteiger partial charge < -0.3 is 19.1 Å². The zero-order chi connectivity index (χ0) is 18.9. The molecule has 1 saturated heterocycles. The number of anilines is 1. The van der Waals surface area contributed by atoms with Crippen LogP contribution in [-0.4, -0.2) is 40.9 Å². The highest BCUT2D eigenvalue weighted by Crippen LogP contribution is 2.32. The predicted molar refractivity (Wildman–Crippen MR) is 96.2 cm³/mol. The minimum Gasteiger partial charge on any atom is -0.454 e. The van der Waals surface area contributed by atoms with Crippen LogP contribution in [0.4, 0.5) is 5.69 Å². The fourth-order valence-electron chi connectivity index (χ4n) is 2.91. The van der Waals surface area contributed by atoms with E-state index in [2.05, 4.69) is 4.72 Å². The number of hydrogen-bond donors (Lipinski definition) is 1. The van der Waals surface area contributed by atoms with Gasteiger partial charge in [-0.25, -0.2) is 13.1 Å². The summed E-state index contributed by atoms with van der Waals surface area (Å²) in [6, 6.07) is 11.5. The third-order valence-corrected chi connectivity index (χ3v) is 5.76. The molecule has 2 aromatic carbocycles. The highest BCUT2D eigenvalue weighted by atomic mass is 32.2. The Hall–Kier alpha value is -2.62. The average molecular weight is 390 g/mol. The van der Waals surface area contributed by atoms with Crippen molar-refractivity contribution in [1.29, 1.82) is 0 Å². The smallest absolute Gasteiger partial charge is 0.253 e. The molecule has 0 bridgehead atoms. The number of fused-ring (bicyclic) bond motifs is 1. The minimum absolute atomic E-state index is 0.0388. The summed E-state index contributed by atoms with van der Waals surface area (Å²) in [6.45, 7) is 1.25. The van der Waals surface area contributed by atoms with Crippen LogP contribution in [0.25, 0.3) is 0 Å². The van der Waals surface area contributed by atoms with E-state index in [9.17, 15) is 13.2 Å². The summed E-state index contributed by atoms with van der Waals surface area (Å²) in [5, 5.41) is 0. The summed E-state index contributed by atoms with van der Waals surface area (Å²) in [6.07, 6.45) is 0. The van der Waals surface area contributed by atoms with Crippen molar-refractivity contribution in [3.63, 3.8) is 0 Å². The van der Waals surface area contributed by atoms with Gasteiger partial charge in [0, 0.05) is 18.8 Å². The lowest BCUT2D eigenvalue weighted by Gasteiger charge is -2.26. The zero-order valence-corrected chi connectivity index (χ0v) is 15.2. The van der Waals surface area contributed by atoms with Crippen LogP contribution in [0.5, 0.6) is 11.5 Å². The Morgan fingerprint density at radius 2 is 1.81 bits per heavy atom. The first kappa shape index (κ1) is 17.8. The molecule has 142 valence electrons. The number of ether oxygens (including phenoxy) is 3. The molecule has 0 aromatic heterocycles. The molecule has 0 unspecified atom stereocenters. The molecule has 2 aliphatic rings. The van der Waals surface area contributed by atoms with Crippen LogP contribution in [0.15, 0.2) is 47.4 Å². The lowest BCUT2D eigenvalue weighted by atomic mass is 10.2. The van der Waals surface area contributed by atoms with Gasteiger partial charge in [0.15, 0.2) is 11.5 Å². The van der Waals surface area contributed by atoms with Gasteiger partial charge in [0.2, 0.25) is 16.8 Å². The Bertz CT molecular complexity index is 958. The average Bonchev–Trinajstić information content (AvgIpc) is 3.15. The quantitative estimate of drug-likeness (QED) is 0.826. The van der Waals surface area contributed by atoms with Crippen molar-refractivity contribution >= 4 is 21.6 Å². The molecule has 1 N–H and O–H groups in total. The van der Waals surface area contributed by atoms with Crippen molar-refractivity contribution in [2.45, 2.75) is 11.4 Å². The van der Waals surface area contributed by atoms with Crippen LogP contribution in [0, 0.1) is 0 Å². The van der Waals surface area contributed by atoms with Crippen LogP contribution >= 0.6 is 0 Å². The first-order chi connectivity index (χ1) is 13.0. The molecular formula is C18H18N2O6S. The van der Waals surface area contributed by atoms with Gasteiger partial charge in [-0.3, -0.25) is 4.79 Å². The van der Waals surface area contributed by atoms with Gasteiger partial charge in [-0.1, -0.05) is 6.07 Å². The summed E-state index contributed by atoms with van der Waals surface area (Å²) < 4.78 is 43.2. The molecule has 2 aliphatic heterocycles. The van der Waals surface area contributed by atoms with Crippen LogP contribution in [-0.2, 0) is 26.1 Å². The summed E-state index contributed by atoms with van der Waals surface area (Å²) in [7, 11) is -3.68. The molecule has 1 fully saturated rings. The first-order valence-corrected chi connectivity index (χ1v) is 9.88. The molecule has 27 heavy (non-hydrogen) atoms. The van der Waals surface area contributed by atoms with E-state index in [-0.39, 0.29) is 30.7 Å². The Morgan fingerprint density at radius 3 is 2.59 bits per heavy atom. The Kier molecular flexibility index (Phi) is 4.73.